The van der Waals surface area contributed by atoms with E-state index in [4.69, 9.17) is 11.6 Å². The van der Waals surface area contributed by atoms with Gasteiger partial charge in [-0.05, 0) is 25.5 Å². The zero-order valence-electron chi connectivity index (χ0n) is 11.8. The molecule has 1 aromatic heterocycles. The molecule has 5 nitrogen and oxygen atoms in total. The maximum absolute atomic E-state index is 12.3. The maximum Gasteiger partial charge on any atom is 0.216 e. The summed E-state index contributed by atoms with van der Waals surface area (Å²) in [5.41, 5.74) is 0. The minimum absolute atomic E-state index is 0.326. The third kappa shape index (κ3) is 3.07. The monoisotopic (exact) mass is 317 g/mol. The van der Waals surface area contributed by atoms with Gasteiger partial charge in [0.1, 0.15) is 5.82 Å². The summed E-state index contributed by atoms with van der Waals surface area (Å²) in [6.07, 6.45) is 2.33. The average Bonchev–Trinajstić information content (AvgIpc) is 2.47. The summed E-state index contributed by atoms with van der Waals surface area (Å²) in [6.45, 7) is 5.86. The van der Waals surface area contributed by atoms with Crippen molar-refractivity contribution in [2.24, 2.45) is 0 Å². The van der Waals surface area contributed by atoms with E-state index in [1.54, 1.807) is 29.6 Å². The topological polar surface area (TPSA) is 53.5 Å². The first kappa shape index (κ1) is 15.5. The Morgan fingerprint density at radius 3 is 2.55 bits per heavy atom. The highest BCUT2D eigenvalue weighted by molar-refractivity contribution is 7.89. The molecule has 0 spiro atoms. The quantitative estimate of drug-likeness (QED) is 0.852. The van der Waals surface area contributed by atoms with E-state index in [0.29, 0.717) is 37.6 Å². The molecule has 1 aromatic rings. The molecule has 0 N–H and O–H groups in total. The van der Waals surface area contributed by atoms with Crippen LogP contribution in [-0.2, 0) is 10.0 Å². The Kier molecular flexibility index (Phi) is 4.88. The lowest BCUT2D eigenvalue weighted by Crippen LogP contribution is -2.51. The van der Waals surface area contributed by atoms with Gasteiger partial charge in [0.05, 0.1) is 10.3 Å². The molecule has 0 amide bonds. The number of aromatic nitrogens is 1. The number of pyridine rings is 1. The summed E-state index contributed by atoms with van der Waals surface area (Å²) in [4.78, 5) is 6.30. The van der Waals surface area contributed by atoms with E-state index in [-0.39, 0.29) is 5.25 Å². The van der Waals surface area contributed by atoms with Crippen molar-refractivity contribution in [2.45, 2.75) is 25.5 Å². The fourth-order valence-electron chi connectivity index (χ4n) is 2.23. The molecule has 7 heteroatoms. The molecule has 2 rings (SSSR count). The molecule has 0 radical (unpaired) electrons. The van der Waals surface area contributed by atoms with Gasteiger partial charge in [-0.1, -0.05) is 18.5 Å². The molecule has 112 valence electrons. The third-order valence-electron chi connectivity index (χ3n) is 3.72. The van der Waals surface area contributed by atoms with E-state index in [1.165, 1.54) is 0 Å². The normalized spacial score (nSPS) is 19.1. The minimum atomic E-state index is -3.17. The van der Waals surface area contributed by atoms with Crippen LogP contribution in [0.4, 0.5) is 5.82 Å². The van der Waals surface area contributed by atoms with Crippen LogP contribution < -0.4 is 4.90 Å². The molecule has 0 bridgehead atoms. The first-order chi connectivity index (χ1) is 9.46. The Hall–Kier alpha value is -0.850. The molecule has 1 aliphatic heterocycles. The van der Waals surface area contributed by atoms with Crippen molar-refractivity contribution in [3.8, 4) is 0 Å². The summed E-state index contributed by atoms with van der Waals surface area (Å²) >= 11 is 6.12. The molecular formula is C13H20ClN3O2S. The summed E-state index contributed by atoms with van der Waals surface area (Å²) in [5, 5.41) is 0.276. The van der Waals surface area contributed by atoms with Crippen molar-refractivity contribution in [3.05, 3.63) is 23.4 Å². The van der Waals surface area contributed by atoms with Gasteiger partial charge in [-0.3, -0.25) is 0 Å². The second kappa shape index (κ2) is 6.28. The van der Waals surface area contributed by atoms with Gasteiger partial charge >= 0.3 is 0 Å². The van der Waals surface area contributed by atoms with Gasteiger partial charge in [0.25, 0.3) is 0 Å². The van der Waals surface area contributed by atoms with Crippen LogP contribution in [0.1, 0.15) is 20.3 Å². The predicted molar refractivity (Wildman–Crippen MR) is 81.7 cm³/mol. The highest BCUT2D eigenvalue weighted by Gasteiger charge is 2.31. The Balaban J connectivity index is 2.05. The van der Waals surface area contributed by atoms with E-state index >= 15 is 0 Å². The van der Waals surface area contributed by atoms with Gasteiger partial charge in [-0.25, -0.2) is 13.4 Å². The molecule has 0 aromatic carbocycles. The second-order valence-corrected chi connectivity index (χ2v) is 7.72. The van der Waals surface area contributed by atoms with Gasteiger partial charge in [0.2, 0.25) is 10.0 Å². The largest absolute Gasteiger partial charge is 0.353 e. The fourth-order valence-corrected chi connectivity index (χ4v) is 4.07. The van der Waals surface area contributed by atoms with Gasteiger partial charge in [0, 0.05) is 32.4 Å². The Labute approximate surface area is 125 Å². The summed E-state index contributed by atoms with van der Waals surface area (Å²) < 4.78 is 26.2. The summed E-state index contributed by atoms with van der Waals surface area (Å²) in [5.74, 6) is 0.731. The molecule has 1 aliphatic rings. The number of hydrogen-bond donors (Lipinski definition) is 0. The molecule has 20 heavy (non-hydrogen) atoms. The molecule has 1 saturated heterocycles. The zero-order valence-corrected chi connectivity index (χ0v) is 13.4. The van der Waals surface area contributed by atoms with Gasteiger partial charge in [-0.15, -0.1) is 0 Å². The minimum Gasteiger partial charge on any atom is -0.353 e. The molecule has 0 saturated carbocycles. The summed E-state index contributed by atoms with van der Waals surface area (Å²) in [6, 6.07) is 3.58. The first-order valence-electron chi connectivity index (χ1n) is 6.81. The highest BCUT2D eigenvalue weighted by atomic mass is 35.5. The molecule has 1 fully saturated rings. The number of hydrogen-bond acceptors (Lipinski definition) is 4. The van der Waals surface area contributed by atoms with Gasteiger partial charge in [-0.2, -0.15) is 4.31 Å². The van der Waals surface area contributed by atoms with Gasteiger partial charge < -0.3 is 4.90 Å². The van der Waals surface area contributed by atoms with E-state index in [0.717, 1.165) is 5.82 Å². The molecule has 2 heterocycles. The van der Waals surface area contributed by atoms with E-state index in [9.17, 15) is 8.42 Å². The van der Waals surface area contributed by atoms with Crippen molar-refractivity contribution in [2.75, 3.05) is 31.1 Å². The number of sulfonamides is 1. The number of nitrogens with zero attached hydrogens (tertiary/aromatic N) is 3. The van der Waals surface area contributed by atoms with E-state index in [2.05, 4.69) is 4.98 Å². The van der Waals surface area contributed by atoms with Crippen molar-refractivity contribution in [3.63, 3.8) is 0 Å². The van der Waals surface area contributed by atoms with Crippen LogP contribution in [0.15, 0.2) is 18.3 Å². The Morgan fingerprint density at radius 1 is 1.35 bits per heavy atom. The first-order valence-corrected chi connectivity index (χ1v) is 8.69. The van der Waals surface area contributed by atoms with Crippen molar-refractivity contribution < 1.29 is 8.42 Å². The third-order valence-corrected chi connectivity index (χ3v) is 6.45. The zero-order chi connectivity index (χ0) is 14.8. The van der Waals surface area contributed by atoms with E-state index in [1.807, 2.05) is 11.8 Å². The Morgan fingerprint density at radius 2 is 2.00 bits per heavy atom. The van der Waals surface area contributed by atoms with Crippen molar-refractivity contribution in [1.29, 1.82) is 0 Å². The van der Waals surface area contributed by atoms with Crippen LogP contribution in [0.25, 0.3) is 0 Å². The lowest BCUT2D eigenvalue weighted by molar-refractivity contribution is 0.378. The lowest BCUT2D eigenvalue weighted by Gasteiger charge is -2.36. The fraction of sp³-hybridized carbons (Fsp3) is 0.615. The van der Waals surface area contributed by atoms with Crippen LogP contribution >= 0.6 is 11.6 Å². The van der Waals surface area contributed by atoms with E-state index < -0.39 is 10.0 Å². The van der Waals surface area contributed by atoms with Gasteiger partial charge in [0.15, 0.2) is 0 Å². The molecule has 1 atom stereocenters. The average molecular weight is 318 g/mol. The molecule has 1 unspecified atom stereocenters. The smallest absolute Gasteiger partial charge is 0.216 e. The second-order valence-electron chi connectivity index (χ2n) is 4.96. The maximum atomic E-state index is 12.3. The van der Waals surface area contributed by atoms with Crippen LogP contribution in [0.3, 0.4) is 0 Å². The van der Waals surface area contributed by atoms with Crippen molar-refractivity contribution >= 4 is 27.4 Å². The lowest BCUT2D eigenvalue weighted by atomic mass is 10.3. The number of rotatable bonds is 4. The summed E-state index contributed by atoms with van der Waals surface area (Å²) in [7, 11) is -3.17. The SMILES string of the molecule is CCC(C)S(=O)(=O)N1CCN(c2ncccc2Cl)CC1. The van der Waals surface area contributed by atoms with Crippen LogP contribution in [-0.4, -0.2) is 49.1 Å². The number of halogens is 1. The van der Waals surface area contributed by atoms with Crippen molar-refractivity contribution in [1.82, 2.24) is 9.29 Å². The standard InChI is InChI=1S/C13H20ClN3O2S/c1-3-11(2)20(18,19)17-9-7-16(8-10-17)13-12(14)5-4-6-15-13/h4-6,11H,3,7-10H2,1-2H3. The predicted octanol–water partition coefficient (Wildman–Crippen LogP) is 1.99. The molecular weight excluding hydrogens is 298 g/mol. The van der Waals surface area contributed by atoms with Crippen LogP contribution in [0, 0.1) is 0 Å². The molecule has 0 aliphatic carbocycles. The number of piperazine rings is 1. The Bertz CT molecular complexity index is 556. The van der Waals surface area contributed by atoms with Crippen LogP contribution in [0.5, 0.6) is 0 Å². The highest BCUT2D eigenvalue weighted by Crippen LogP contribution is 2.24. The van der Waals surface area contributed by atoms with Crippen LogP contribution in [0.2, 0.25) is 5.02 Å². The number of anilines is 1.